The van der Waals surface area contributed by atoms with Gasteiger partial charge in [0.25, 0.3) is 0 Å². The number of unbranched alkanes of at least 4 members (excludes halogenated alkanes) is 2. The van der Waals surface area contributed by atoms with E-state index in [1.165, 1.54) is 0 Å². The SMILES string of the molecule is O=C(CCCCCC(=O)c1ccc(Cl)cc1)C[C@H](CN1CCCC1)[C@H](O)c1ccc2c(c1)OCCO2. The summed E-state index contributed by atoms with van der Waals surface area (Å²) in [5.74, 6) is 1.44. The molecule has 2 aromatic carbocycles. The molecule has 0 radical (unpaired) electrons. The average Bonchev–Trinajstić information content (AvgIpc) is 3.41. The summed E-state index contributed by atoms with van der Waals surface area (Å²) in [6, 6.07) is 12.5. The molecule has 0 aromatic heterocycles. The summed E-state index contributed by atoms with van der Waals surface area (Å²) in [7, 11) is 0. The van der Waals surface area contributed by atoms with Crippen LogP contribution in [0.15, 0.2) is 42.5 Å². The largest absolute Gasteiger partial charge is 0.486 e. The van der Waals surface area contributed by atoms with Crippen molar-refractivity contribution in [2.45, 2.75) is 57.5 Å². The highest BCUT2D eigenvalue weighted by Gasteiger charge is 2.28. The molecule has 6 nitrogen and oxygen atoms in total. The summed E-state index contributed by atoms with van der Waals surface area (Å²) in [5.41, 5.74) is 1.44. The molecule has 0 aliphatic carbocycles. The molecule has 0 saturated carbocycles. The molecule has 1 N–H and O–H groups in total. The Morgan fingerprint density at radius 1 is 0.917 bits per heavy atom. The van der Waals surface area contributed by atoms with E-state index >= 15 is 0 Å². The number of carbonyl (C=O) groups excluding carboxylic acids is 2. The van der Waals surface area contributed by atoms with Crippen LogP contribution in [0.5, 0.6) is 11.5 Å². The van der Waals surface area contributed by atoms with E-state index in [4.69, 9.17) is 21.1 Å². The van der Waals surface area contributed by atoms with E-state index < -0.39 is 6.10 Å². The van der Waals surface area contributed by atoms with Crippen molar-refractivity contribution in [2.24, 2.45) is 5.92 Å². The fourth-order valence-corrected chi connectivity index (χ4v) is 5.17. The molecule has 194 valence electrons. The van der Waals surface area contributed by atoms with Crippen LogP contribution in [0.4, 0.5) is 0 Å². The minimum Gasteiger partial charge on any atom is -0.486 e. The number of aliphatic hydroxyl groups is 1. The number of fused-ring (bicyclic) bond motifs is 1. The van der Waals surface area contributed by atoms with Crippen molar-refractivity contribution in [3.05, 3.63) is 58.6 Å². The Bertz CT molecular complexity index is 1020. The van der Waals surface area contributed by atoms with Crippen LogP contribution in [0.1, 0.15) is 73.4 Å². The molecule has 1 fully saturated rings. The van der Waals surface area contributed by atoms with Gasteiger partial charge in [-0.15, -0.1) is 0 Å². The number of hydrogen-bond acceptors (Lipinski definition) is 6. The molecule has 0 unspecified atom stereocenters. The van der Waals surface area contributed by atoms with Gasteiger partial charge in [0.05, 0.1) is 6.10 Å². The third-order valence-electron chi connectivity index (χ3n) is 7.06. The zero-order valence-electron chi connectivity index (χ0n) is 20.8. The smallest absolute Gasteiger partial charge is 0.162 e. The number of rotatable bonds is 13. The second-order valence-corrected chi connectivity index (χ2v) is 10.3. The highest BCUT2D eigenvalue weighted by molar-refractivity contribution is 6.30. The van der Waals surface area contributed by atoms with Crippen LogP contribution >= 0.6 is 11.6 Å². The molecular weight excluding hydrogens is 478 g/mol. The molecule has 2 aliphatic heterocycles. The van der Waals surface area contributed by atoms with Crippen molar-refractivity contribution in [3.8, 4) is 11.5 Å². The van der Waals surface area contributed by atoms with E-state index in [-0.39, 0.29) is 17.5 Å². The maximum absolute atomic E-state index is 12.9. The Morgan fingerprint density at radius 3 is 2.36 bits per heavy atom. The highest BCUT2D eigenvalue weighted by atomic mass is 35.5. The number of nitrogens with zero attached hydrogens (tertiary/aromatic N) is 1. The lowest BCUT2D eigenvalue weighted by atomic mass is 9.89. The molecule has 0 spiro atoms. The van der Waals surface area contributed by atoms with E-state index in [0.717, 1.165) is 50.8 Å². The fourth-order valence-electron chi connectivity index (χ4n) is 5.05. The van der Waals surface area contributed by atoms with Crippen LogP contribution in [0, 0.1) is 5.92 Å². The zero-order chi connectivity index (χ0) is 25.3. The number of ether oxygens (including phenoxy) is 2. The summed E-state index contributed by atoms with van der Waals surface area (Å²) < 4.78 is 11.3. The van der Waals surface area contributed by atoms with E-state index in [1.807, 2.05) is 18.2 Å². The standard InChI is InChI=1S/C29H36ClNO5/c30-24-11-8-21(9-12-24)26(33)7-3-1-2-6-25(32)18-23(20-31-14-4-5-15-31)29(34)22-10-13-27-28(19-22)36-17-16-35-27/h8-13,19,23,29,34H,1-7,14-18,20H2/t23-,29-/m1/s1. The van der Waals surface area contributed by atoms with Gasteiger partial charge in [0.1, 0.15) is 19.0 Å². The Labute approximate surface area is 218 Å². The molecule has 36 heavy (non-hydrogen) atoms. The van der Waals surface area contributed by atoms with Gasteiger partial charge in [0.2, 0.25) is 0 Å². The van der Waals surface area contributed by atoms with Crippen LogP contribution in [-0.4, -0.2) is 54.4 Å². The maximum Gasteiger partial charge on any atom is 0.162 e. The van der Waals surface area contributed by atoms with Crippen LogP contribution in [0.3, 0.4) is 0 Å². The second kappa shape index (κ2) is 13.2. The van der Waals surface area contributed by atoms with Crippen LogP contribution < -0.4 is 9.47 Å². The van der Waals surface area contributed by atoms with Crippen molar-refractivity contribution < 1.29 is 24.2 Å². The first-order valence-corrected chi connectivity index (χ1v) is 13.5. The van der Waals surface area contributed by atoms with E-state index in [9.17, 15) is 14.7 Å². The second-order valence-electron chi connectivity index (χ2n) is 9.85. The Kier molecular flexibility index (Phi) is 9.79. The average molecular weight is 514 g/mol. The highest BCUT2D eigenvalue weighted by Crippen LogP contribution is 2.36. The Morgan fingerprint density at radius 2 is 1.61 bits per heavy atom. The molecule has 2 aromatic rings. The minimum atomic E-state index is -0.748. The lowest BCUT2D eigenvalue weighted by Gasteiger charge is -2.28. The van der Waals surface area contributed by atoms with Crippen LogP contribution in [0.25, 0.3) is 0 Å². The molecule has 0 bridgehead atoms. The first-order valence-electron chi connectivity index (χ1n) is 13.1. The molecule has 4 rings (SSSR count). The number of halogens is 1. The lowest BCUT2D eigenvalue weighted by molar-refractivity contribution is -0.121. The van der Waals surface area contributed by atoms with Gasteiger partial charge in [-0.25, -0.2) is 0 Å². The number of Topliss-reactive ketones (excluding diaryl/α,β-unsaturated/α-hetero) is 2. The van der Waals surface area contributed by atoms with Crippen LogP contribution in [-0.2, 0) is 4.79 Å². The quantitative estimate of drug-likeness (QED) is 0.275. The number of likely N-dealkylation sites (tertiary alicyclic amines) is 1. The summed E-state index contributed by atoms with van der Waals surface area (Å²) in [5, 5.41) is 11.9. The van der Waals surface area contributed by atoms with Crippen molar-refractivity contribution in [1.82, 2.24) is 4.90 Å². The Balaban J connectivity index is 1.27. The lowest BCUT2D eigenvalue weighted by Crippen LogP contribution is -2.31. The number of aliphatic hydroxyl groups excluding tert-OH is 1. The third kappa shape index (κ3) is 7.55. The van der Waals surface area contributed by atoms with Gasteiger partial charge in [-0.1, -0.05) is 24.1 Å². The molecule has 2 atom stereocenters. The van der Waals surface area contributed by atoms with Crippen molar-refractivity contribution >= 4 is 23.2 Å². The first-order chi connectivity index (χ1) is 17.5. The van der Waals surface area contributed by atoms with E-state index in [1.54, 1.807) is 24.3 Å². The van der Waals surface area contributed by atoms with E-state index in [2.05, 4.69) is 4.90 Å². The third-order valence-corrected chi connectivity index (χ3v) is 7.31. The van der Waals surface area contributed by atoms with Gasteiger partial charge in [0, 0.05) is 42.3 Å². The maximum atomic E-state index is 12.9. The first kappa shape index (κ1) is 26.6. The fraction of sp³-hybridized carbons (Fsp3) is 0.517. The van der Waals surface area contributed by atoms with Gasteiger partial charge >= 0.3 is 0 Å². The van der Waals surface area contributed by atoms with Crippen molar-refractivity contribution in [1.29, 1.82) is 0 Å². The van der Waals surface area contributed by atoms with Gasteiger partial charge < -0.3 is 19.5 Å². The molecule has 2 aliphatic rings. The zero-order valence-corrected chi connectivity index (χ0v) is 21.5. The topological polar surface area (TPSA) is 76.1 Å². The van der Waals surface area contributed by atoms with Gasteiger partial charge in [0.15, 0.2) is 17.3 Å². The summed E-state index contributed by atoms with van der Waals surface area (Å²) >= 11 is 5.89. The van der Waals surface area contributed by atoms with Crippen LogP contribution in [0.2, 0.25) is 5.02 Å². The van der Waals surface area contributed by atoms with Crippen molar-refractivity contribution in [2.75, 3.05) is 32.8 Å². The Hall–Kier alpha value is -2.41. The molecular formula is C29H36ClNO5. The summed E-state index contributed by atoms with van der Waals surface area (Å²) in [6.45, 7) is 3.75. The minimum absolute atomic E-state index is 0.103. The number of benzene rings is 2. The number of carbonyl (C=O) groups is 2. The van der Waals surface area contributed by atoms with E-state index in [0.29, 0.717) is 61.1 Å². The predicted octanol–water partition coefficient (Wildman–Crippen LogP) is 5.65. The molecule has 2 heterocycles. The molecule has 0 amide bonds. The summed E-state index contributed by atoms with van der Waals surface area (Å²) in [6.07, 6.45) is 5.19. The van der Waals surface area contributed by atoms with Gasteiger partial charge in [-0.2, -0.15) is 0 Å². The summed E-state index contributed by atoms with van der Waals surface area (Å²) in [4.78, 5) is 27.5. The number of ketones is 2. The molecule has 7 heteroatoms. The van der Waals surface area contributed by atoms with Gasteiger partial charge in [-0.3, -0.25) is 9.59 Å². The normalized spacial score (nSPS) is 17.1. The number of hydrogen-bond donors (Lipinski definition) is 1. The predicted molar refractivity (Wildman–Crippen MR) is 140 cm³/mol. The van der Waals surface area contributed by atoms with Crippen molar-refractivity contribution in [3.63, 3.8) is 0 Å². The molecule has 1 saturated heterocycles. The monoisotopic (exact) mass is 513 g/mol. The van der Waals surface area contributed by atoms with Gasteiger partial charge in [-0.05, 0) is 80.7 Å².